The zero-order chi connectivity index (χ0) is 9.19. The third-order valence-electron chi connectivity index (χ3n) is 1.46. The molecule has 0 aliphatic heterocycles. The molecule has 0 aliphatic rings. The Hall–Kier alpha value is -0.910. The summed E-state index contributed by atoms with van der Waals surface area (Å²) in [4.78, 5) is 0.0831. The van der Waals surface area contributed by atoms with Crippen LogP contribution in [0.1, 0.15) is 5.56 Å². The summed E-state index contributed by atoms with van der Waals surface area (Å²) in [5.74, 6) is 0. The molecule has 1 aromatic carbocycles. The Morgan fingerprint density at radius 1 is 1.25 bits per heavy atom. The molecule has 12 heavy (non-hydrogen) atoms. The monoisotopic (exact) mass is 185 g/mol. The number of rotatable bonds is 2. The minimum atomic E-state index is -3.59. The van der Waals surface area contributed by atoms with Gasteiger partial charge in [-0.2, -0.15) is 0 Å². The molecular formula is C7H9N2O2S-. The maximum atomic E-state index is 10.8. The van der Waals surface area contributed by atoms with Gasteiger partial charge in [-0.1, -0.05) is 17.7 Å². The molecule has 0 bridgehead atoms. The van der Waals surface area contributed by atoms with E-state index in [-0.39, 0.29) is 11.4 Å². The van der Waals surface area contributed by atoms with Gasteiger partial charge in [-0.25, -0.2) is 13.6 Å². The van der Waals surface area contributed by atoms with Crippen LogP contribution >= 0.6 is 0 Å². The third kappa shape index (κ3) is 2.04. The van der Waals surface area contributed by atoms with Crippen LogP contribution in [0.25, 0.3) is 5.73 Å². The summed E-state index contributed by atoms with van der Waals surface area (Å²) >= 11 is 0. The van der Waals surface area contributed by atoms with Crippen LogP contribution in [0.5, 0.6) is 0 Å². The van der Waals surface area contributed by atoms with Crippen molar-refractivity contribution in [3.05, 3.63) is 35.6 Å². The van der Waals surface area contributed by atoms with Crippen LogP contribution in [0, 0.1) is 0 Å². The molecule has 1 rings (SSSR count). The van der Waals surface area contributed by atoms with E-state index < -0.39 is 10.0 Å². The smallest absolute Gasteiger partial charge is 0.238 e. The van der Waals surface area contributed by atoms with Gasteiger partial charge in [-0.15, -0.1) is 6.54 Å². The quantitative estimate of drug-likeness (QED) is 0.741. The van der Waals surface area contributed by atoms with Crippen molar-refractivity contribution in [3.63, 3.8) is 0 Å². The maximum Gasteiger partial charge on any atom is 0.238 e. The summed E-state index contributed by atoms with van der Waals surface area (Å²) in [7, 11) is -3.59. The fourth-order valence-corrected chi connectivity index (χ4v) is 1.31. The van der Waals surface area contributed by atoms with E-state index in [0.29, 0.717) is 0 Å². The van der Waals surface area contributed by atoms with Gasteiger partial charge in [0, 0.05) is 0 Å². The molecule has 3 N–H and O–H groups in total. The number of hydrogen-bond donors (Lipinski definition) is 1. The average Bonchev–Trinajstić information content (AvgIpc) is 2.03. The van der Waals surface area contributed by atoms with Crippen molar-refractivity contribution >= 4 is 10.0 Å². The zero-order valence-electron chi connectivity index (χ0n) is 6.32. The summed E-state index contributed by atoms with van der Waals surface area (Å²) in [6.45, 7) is 0.144. The summed E-state index contributed by atoms with van der Waals surface area (Å²) in [5.41, 5.74) is 7.76. The predicted molar refractivity (Wildman–Crippen MR) is 45.8 cm³/mol. The lowest BCUT2D eigenvalue weighted by Crippen LogP contribution is -2.11. The van der Waals surface area contributed by atoms with E-state index in [4.69, 9.17) is 10.9 Å². The van der Waals surface area contributed by atoms with Crippen molar-refractivity contribution in [2.24, 2.45) is 5.14 Å². The normalized spacial score (nSPS) is 11.5. The Labute approximate surface area is 71.2 Å². The van der Waals surface area contributed by atoms with Crippen molar-refractivity contribution in [3.8, 4) is 0 Å². The largest absolute Gasteiger partial charge is 0.674 e. The predicted octanol–water partition coefficient (Wildman–Crippen LogP) is 0.886. The number of nitrogens with two attached hydrogens (primary N) is 1. The highest BCUT2D eigenvalue weighted by atomic mass is 32.2. The van der Waals surface area contributed by atoms with Crippen LogP contribution < -0.4 is 5.14 Å². The van der Waals surface area contributed by atoms with E-state index in [1.165, 1.54) is 12.1 Å². The first-order valence-corrected chi connectivity index (χ1v) is 4.85. The number of nitrogens with one attached hydrogen (secondary N) is 1. The second-order valence-electron chi connectivity index (χ2n) is 2.37. The molecule has 0 saturated carbocycles. The molecule has 0 aliphatic carbocycles. The first kappa shape index (κ1) is 9.18. The van der Waals surface area contributed by atoms with E-state index in [9.17, 15) is 8.42 Å². The van der Waals surface area contributed by atoms with Gasteiger partial charge in [0.2, 0.25) is 10.0 Å². The fraction of sp³-hybridized carbons (Fsp3) is 0.143. The highest BCUT2D eigenvalue weighted by Gasteiger charge is 2.04. The number of primary sulfonamides is 1. The van der Waals surface area contributed by atoms with Crippen molar-refractivity contribution in [2.75, 3.05) is 0 Å². The van der Waals surface area contributed by atoms with Crippen LogP contribution in [0.2, 0.25) is 0 Å². The molecule has 0 atom stereocenters. The molecule has 0 amide bonds. The van der Waals surface area contributed by atoms with Crippen LogP contribution in [-0.4, -0.2) is 8.42 Å². The second kappa shape index (κ2) is 3.22. The SMILES string of the molecule is [NH-]Cc1ccc(S(N)(=O)=O)cc1. The van der Waals surface area contributed by atoms with Crippen molar-refractivity contribution in [1.82, 2.24) is 0 Å². The lowest BCUT2D eigenvalue weighted by molar-refractivity contribution is 0.598. The highest BCUT2D eigenvalue weighted by Crippen LogP contribution is 2.08. The Morgan fingerprint density at radius 2 is 1.75 bits per heavy atom. The third-order valence-corrected chi connectivity index (χ3v) is 2.39. The van der Waals surface area contributed by atoms with Gasteiger partial charge in [0.25, 0.3) is 0 Å². The number of benzene rings is 1. The van der Waals surface area contributed by atoms with E-state index in [0.717, 1.165) is 5.56 Å². The second-order valence-corrected chi connectivity index (χ2v) is 3.93. The molecule has 0 spiro atoms. The Morgan fingerprint density at radius 3 is 2.08 bits per heavy atom. The van der Waals surface area contributed by atoms with Gasteiger partial charge < -0.3 is 5.73 Å². The molecular weight excluding hydrogens is 176 g/mol. The molecule has 0 radical (unpaired) electrons. The van der Waals surface area contributed by atoms with Crippen LogP contribution in [0.3, 0.4) is 0 Å². The molecule has 1 aromatic rings. The summed E-state index contributed by atoms with van der Waals surface area (Å²) in [6, 6.07) is 5.96. The molecule has 0 fully saturated rings. The van der Waals surface area contributed by atoms with Gasteiger partial charge in [-0.3, -0.25) is 0 Å². The van der Waals surface area contributed by atoms with E-state index >= 15 is 0 Å². The maximum absolute atomic E-state index is 10.8. The minimum Gasteiger partial charge on any atom is -0.674 e. The van der Waals surface area contributed by atoms with Crippen LogP contribution in [0.4, 0.5) is 0 Å². The molecule has 4 nitrogen and oxygen atoms in total. The Balaban J connectivity index is 3.09. The molecule has 66 valence electrons. The van der Waals surface area contributed by atoms with Gasteiger partial charge in [0.05, 0.1) is 4.90 Å². The highest BCUT2D eigenvalue weighted by molar-refractivity contribution is 7.89. The van der Waals surface area contributed by atoms with Gasteiger partial charge in [-0.05, 0) is 12.1 Å². The topological polar surface area (TPSA) is 84.0 Å². The van der Waals surface area contributed by atoms with Gasteiger partial charge >= 0.3 is 0 Å². The number of sulfonamides is 1. The minimum absolute atomic E-state index is 0.0831. The molecule has 0 unspecified atom stereocenters. The van der Waals surface area contributed by atoms with Crippen molar-refractivity contribution in [2.45, 2.75) is 11.4 Å². The number of hydrogen-bond acceptors (Lipinski definition) is 2. The van der Waals surface area contributed by atoms with Gasteiger partial charge in [0.15, 0.2) is 0 Å². The summed E-state index contributed by atoms with van der Waals surface area (Å²) < 4.78 is 21.5. The molecule has 5 heteroatoms. The fourth-order valence-electron chi connectivity index (χ4n) is 0.797. The van der Waals surface area contributed by atoms with Crippen LogP contribution in [-0.2, 0) is 16.6 Å². The first-order chi connectivity index (χ1) is 5.54. The first-order valence-electron chi connectivity index (χ1n) is 3.30. The zero-order valence-corrected chi connectivity index (χ0v) is 7.14. The van der Waals surface area contributed by atoms with E-state index in [1.807, 2.05) is 0 Å². The molecule has 0 aromatic heterocycles. The summed E-state index contributed by atoms with van der Waals surface area (Å²) in [5, 5.41) is 4.87. The Bertz CT molecular complexity index is 355. The van der Waals surface area contributed by atoms with Gasteiger partial charge in [0.1, 0.15) is 0 Å². The Kier molecular flexibility index (Phi) is 2.46. The van der Waals surface area contributed by atoms with Crippen molar-refractivity contribution < 1.29 is 8.42 Å². The average molecular weight is 185 g/mol. The molecule has 0 heterocycles. The van der Waals surface area contributed by atoms with E-state index in [1.54, 1.807) is 12.1 Å². The standard InChI is InChI=1S/C7H9N2O2S/c8-5-6-1-3-7(4-2-6)12(9,10)11/h1-4,8H,5H2,(H2,9,10,11)/q-1. The van der Waals surface area contributed by atoms with Crippen molar-refractivity contribution in [1.29, 1.82) is 0 Å². The lowest BCUT2D eigenvalue weighted by atomic mass is 10.2. The van der Waals surface area contributed by atoms with E-state index in [2.05, 4.69) is 0 Å². The molecule has 0 saturated heterocycles. The lowest BCUT2D eigenvalue weighted by Gasteiger charge is -2.02. The van der Waals surface area contributed by atoms with Crippen LogP contribution in [0.15, 0.2) is 29.2 Å². The summed E-state index contributed by atoms with van der Waals surface area (Å²) in [6.07, 6.45) is 0.